The third-order valence-corrected chi connectivity index (χ3v) is 3.49. The smallest absolute Gasteiger partial charge is 0.335 e. The minimum absolute atomic E-state index is 0.0338. The van der Waals surface area contributed by atoms with Gasteiger partial charge >= 0.3 is 5.97 Å². The molecule has 0 unspecified atom stereocenters. The molecule has 0 saturated carbocycles. The number of hydrogen-bond donors (Lipinski definition) is 2. The first-order valence-electron chi connectivity index (χ1n) is 7.74. The molecule has 2 N–H and O–H groups in total. The lowest BCUT2D eigenvalue weighted by Gasteiger charge is -2.10. The van der Waals surface area contributed by atoms with Gasteiger partial charge in [-0.25, -0.2) is 4.79 Å². The molecule has 2 aromatic carbocycles. The van der Waals surface area contributed by atoms with Crippen molar-refractivity contribution in [1.29, 1.82) is 0 Å². The van der Waals surface area contributed by atoms with Crippen LogP contribution in [0.1, 0.15) is 27.0 Å². The Morgan fingerprint density at radius 3 is 2.42 bits per heavy atom. The van der Waals surface area contributed by atoms with Crippen LogP contribution in [0.3, 0.4) is 0 Å². The molecular formula is C19H21NO4. The molecule has 5 heteroatoms. The number of carboxylic acids is 1. The first-order valence-corrected chi connectivity index (χ1v) is 7.74. The molecule has 2 rings (SSSR count). The predicted molar refractivity (Wildman–Crippen MR) is 91.5 cm³/mol. The Labute approximate surface area is 141 Å². The van der Waals surface area contributed by atoms with Crippen molar-refractivity contribution in [3.63, 3.8) is 0 Å². The van der Waals surface area contributed by atoms with Gasteiger partial charge in [0.05, 0.1) is 18.5 Å². The summed E-state index contributed by atoms with van der Waals surface area (Å²) in [5, 5.41) is 11.9. The van der Waals surface area contributed by atoms with Gasteiger partial charge in [0.2, 0.25) is 5.91 Å². The fourth-order valence-electron chi connectivity index (χ4n) is 2.49. The summed E-state index contributed by atoms with van der Waals surface area (Å²) in [4.78, 5) is 23.1. The summed E-state index contributed by atoms with van der Waals surface area (Å²) < 4.78 is 5.62. The number of nitrogens with one attached hydrogen (secondary N) is 1. The minimum atomic E-state index is -1.03. The zero-order chi connectivity index (χ0) is 17.5. The van der Waals surface area contributed by atoms with E-state index in [9.17, 15) is 9.59 Å². The molecule has 2 aromatic rings. The molecule has 126 valence electrons. The Balaban J connectivity index is 1.81. The zero-order valence-electron chi connectivity index (χ0n) is 13.8. The first-order chi connectivity index (χ1) is 11.5. The third kappa shape index (κ3) is 5.12. The van der Waals surface area contributed by atoms with Gasteiger partial charge in [-0.15, -0.1) is 0 Å². The lowest BCUT2D eigenvalue weighted by atomic mass is 10.0. The molecule has 0 aliphatic carbocycles. The van der Waals surface area contributed by atoms with Crippen LogP contribution in [0.25, 0.3) is 0 Å². The summed E-state index contributed by atoms with van der Waals surface area (Å²) in [5.41, 5.74) is 2.90. The van der Waals surface area contributed by atoms with E-state index >= 15 is 0 Å². The highest BCUT2D eigenvalue weighted by atomic mass is 16.5. The number of ether oxygens (including phenoxy) is 1. The molecule has 0 saturated heterocycles. The number of carboxylic acid groups (broad SMARTS) is 1. The van der Waals surface area contributed by atoms with Crippen LogP contribution in [-0.4, -0.2) is 30.1 Å². The second-order valence-electron chi connectivity index (χ2n) is 5.66. The molecule has 0 spiro atoms. The number of carbonyl (C=O) groups is 2. The summed E-state index contributed by atoms with van der Waals surface area (Å²) in [6, 6.07) is 12.5. The molecule has 0 bridgehead atoms. The van der Waals surface area contributed by atoms with Gasteiger partial charge < -0.3 is 15.2 Å². The van der Waals surface area contributed by atoms with E-state index < -0.39 is 5.97 Å². The van der Waals surface area contributed by atoms with Crippen molar-refractivity contribution in [1.82, 2.24) is 5.32 Å². The average Bonchev–Trinajstić information content (AvgIpc) is 2.51. The standard InChI is InChI=1S/C19H21NO4/c1-13-9-14(2)11-16(10-13)24-8-7-20-18(21)12-15-5-3-4-6-17(15)19(22)23/h3-6,9-11H,7-8,12H2,1-2H3,(H,20,21)(H,22,23). The zero-order valence-corrected chi connectivity index (χ0v) is 13.8. The highest BCUT2D eigenvalue weighted by Gasteiger charge is 2.12. The number of aryl methyl sites for hydroxylation is 2. The van der Waals surface area contributed by atoms with E-state index in [0.29, 0.717) is 18.7 Å². The molecule has 0 heterocycles. The van der Waals surface area contributed by atoms with Crippen molar-refractivity contribution in [3.8, 4) is 5.75 Å². The van der Waals surface area contributed by atoms with Gasteiger partial charge in [0.25, 0.3) is 0 Å². The fraction of sp³-hybridized carbons (Fsp3) is 0.263. The van der Waals surface area contributed by atoms with Crippen LogP contribution in [0.2, 0.25) is 0 Å². The van der Waals surface area contributed by atoms with E-state index in [0.717, 1.165) is 16.9 Å². The van der Waals surface area contributed by atoms with Gasteiger partial charge in [-0.3, -0.25) is 4.79 Å². The third-order valence-electron chi connectivity index (χ3n) is 3.49. The molecule has 0 atom stereocenters. The molecule has 24 heavy (non-hydrogen) atoms. The van der Waals surface area contributed by atoms with E-state index in [1.54, 1.807) is 18.2 Å². The van der Waals surface area contributed by atoms with Gasteiger partial charge in [-0.05, 0) is 48.7 Å². The Morgan fingerprint density at radius 2 is 1.75 bits per heavy atom. The van der Waals surface area contributed by atoms with E-state index in [1.807, 2.05) is 26.0 Å². The van der Waals surface area contributed by atoms with E-state index in [1.165, 1.54) is 6.07 Å². The second-order valence-corrected chi connectivity index (χ2v) is 5.66. The summed E-state index contributed by atoms with van der Waals surface area (Å²) in [5.74, 6) is -0.484. The highest BCUT2D eigenvalue weighted by Crippen LogP contribution is 2.15. The van der Waals surface area contributed by atoms with Crippen molar-refractivity contribution >= 4 is 11.9 Å². The van der Waals surface area contributed by atoms with Crippen LogP contribution in [0, 0.1) is 13.8 Å². The molecule has 1 amide bonds. The molecule has 0 fully saturated rings. The van der Waals surface area contributed by atoms with Crippen LogP contribution in [0.4, 0.5) is 0 Å². The summed E-state index contributed by atoms with van der Waals surface area (Å²) >= 11 is 0. The van der Waals surface area contributed by atoms with Crippen molar-refractivity contribution in [2.24, 2.45) is 0 Å². The number of hydrogen-bond acceptors (Lipinski definition) is 3. The Bertz CT molecular complexity index is 720. The Hall–Kier alpha value is -2.82. The topological polar surface area (TPSA) is 75.6 Å². The maximum absolute atomic E-state index is 11.9. The molecule has 0 radical (unpaired) electrons. The van der Waals surface area contributed by atoms with Gasteiger partial charge in [0.1, 0.15) is 12.4 Å². The normalized spacial score (nSPS) is 10.2. The van der Waals surface area contributed by atoms with Gasteiger partial charge in [0.15, 0.2) is 0 Å². The lowest BCUT2D eigenvalue weighted by Crippen LogP contribution is -2.29. The largest absolute Gasteiger partial charge is 0.492 e. The lowest BCUT2D eigenvalue weighted by molar-refractivity contribution is -0.120. The van der Waals surface area contributed by atoms with Crippen LogP contribution >= 0.6 is 0 Å². The van der Waals surface area contributed by atoms with Crippen molar-refractivity contribution in [3.05, 3.63) is 64.7 Å². The maximum Gasteiger partial charge on any atom is 0.335 e. The first kappa shape index (κ1) is 17.5. The van der Waals surface area contributed by atoms with Crippen LogP contribution in [0.15, 0.2) is 42.5 Å². The average molecular weight is 327 g/mol. The Kier molecular flexibility index (Phi) is 5.95. The molecule has 0 aliphatic heterocycles. The summed E-state index contributed by atoms with van der Waals surface area (Å²) in [7, 11) is 0. The number of rotatable bonds is 7. The van der Waals surface area contributed by atoms with E-state index in [4.69, 9.17) is 9.84 Å². The van der Waals surface area contributed by atoms with E-state index in [2.05, 4.69) is 11.4 Å². The monoisotopic (exact) mass is 327 g/mol. The number of carbonyl (C=O) groups excluding carboxylic acids is 1. The second kappa shape index (κ2) is 8.15. The number of amides is 1. The summed E-state index contributed by atoms with van der Waals surface area (Å²) in [6.45, 7) is 4.72. The van der Waals surface area contributed by atoms with Crippen molar-refractivity contribution in [2.45, 2.75) is 20.3 Å². The van der Waals surface area contributed by atoms with Gasteiger partial charge in [-0.1, -0.05) is 24.3 Å². The van der Waals surface area contributed by atoms with Crippen LogP contribution < -0.4 is 10.1 Å². The van der Waals surface area contributed by atoms with Crippen LogP contribution in [0.5, 0.6) is 5.75 Å². The Morgan fingerprint density at radius 1 is 1.08 bits per heavy atom. The van der Waals surface area contributed by atoms with Crippen molar-refractivity contribution in [2.75, 3.05) is 13.2 Å². The molecule has 0 aliphatic rings. The van der Waals surface area contributed by atoms with Crippen molar-refractivity contribution < 1.29 is 19.4 Å². The molecule has 0 aromatic heterocycles. The molecular weight excluding hydrogens is 306 g/mol. The quantitative estimate of drug-likeness (QED) is 0.767. The van der Waals surface area contributed by atoms with E-state index in [-0.39, 0.29) is 17.9 Å². The SMILES string of the molecule is Cc1cc(C)cc(OCCNC(=O)Cc2ccccc2C(=O)O)c1. The molecule has 5 nitrogen and oxygen atoms in total. The van der Waals surface area contributed by atoms with Gasteiger partial charge in [-0.2, -0.15) is 0 Å². The number of aromatic carboxylic acids is 1. The number of benzene rings is 2. The highest BCUT2D eigenvalue weighted by molar-refractivity contribution is 5.91. The summed E-state index contributed by atoms with van der Waals surface area (Å²) in [6.07, 6.45) is 0.0338. The van der Waals surface area contributed by atoms with Gasteiger partial charge in [0, 0.05) is 0 Å². The maximum atomic E-state index is 11.9. The minimum Gasteiger partial charge on any atom is -0.492 e. The predicted octanol–water partition coefficient (Wildman–Crippen LogP) is 2.74. The fourth-order valence-corrected chi connectivity index (χ4v) is 2.49. The van der Waals surface area contributed by atoms with Crippen LogP contribution in [-0.2, 0) is 11.2 Å².